The van der Waals surface area contributed by atoms with Crippen molar-refractivity contribution in [1.29, 1.82) is 0 Å². The first-order chi connectivity index (χ1) is 15.9. The molecule has 0 saturated heterocycles. The van der Waals surface area contributed by atoms with Crippen molar-refractivity contribution in [2.75, 3.05) is 5.32 Å². The average Bonchev–Trinajstić information content (AvgIpc) is 3.35. The van der Waals surface area contributed by atoms with Gasteiger partial charge in [0.05, 0.1) is 15.6 Å². The van der Waals surface area contributed by atoms with E-state index in [1.165, 1.54) is 33.2 Å². The second-order valence-corrected chi connectivity index (χ2v) is 11.3. The molecule has 1 aromatic carbocycles. The average molecular weight is 484 g/mol. The van der Waals surface area contributed by atoms with Crippen molar-refractivity contribution in [3.8, 4) is 10.4 Å². The molecule has 2 aliphatic carbocycles. The number of thioether (sulfide) groups is 1. The number of carbonyl (C=O) groups is 1. The minimum atomic E-state index is -0.674. The second-order valence-electron chi connectivity index (χ2n) is 8.92. The van der Waals surface area contributed by atoms with Crippen LogP contribution in [0.2, 0.25) is 0 Å². The van der Waals surface area contributed by atoms with Gasteiger partial charge >= 0.3 is 6.09 Å². The summed E-state index contributed by atoms with van der Waals surface area (Å²) < 4.78 is 7.05. The summed E-state index contributed by atoms with van der Waals surface area (Å²) in [6.45, 7) is 2.00. The van der Waals surface area contributed by atoms with Gasteiger partial charge < -0.3 is 15.8 Å². The number of aromatic nitrogens is 3. The highest BCUT2D eigenvalue weighted by atomic mass is 32.2. The van der Waals surface area contributed by atoms with Crippen LogP contribution in [0.4, 0.5) is 16.3 Å². The van der Waals surface area contributed by atoms with E-state index < -0.39 is 6.09 Å². The zero-order chi connectivity index (χ0) is 22.9. The van der Waals surface area contributed by atoms with Crippen molar-refractivity contribution in [2.45, 2.75) is 67.6 Å². The lowest BCUT2D eigenvalue weighted by Gasteiger charge is -2.26. The van der Waals surface area contributed by atoms with Crippen molar-refractivity contribution >= 4 is 40.7 Å². The van der Waals surface area contributed by atoms with Crippen LogP contribution in [0.1, 0.15) is 55.1 Å². The smallest absolute Gasteiger partial charge is 0.404 e. The van der Waals surface area contributed by atoms with E-state index in [1.54, 1.807) is 11.3 Å². The molecular weight excluding hydrogens is 454 g/mol. The molecule has 9 heteroatoms. The zero-order valence-corrected chi connectivity index (χ0v) is 20.5. The molecule has 2 aliphatic rings. The Kier molecular flexibility index (Phi) is 6.34. The number of carbonyl (C=O) groups excluding carboxylic acids is 1. The predicted molar refractivity (Wildman–Crippen MR) is 133 cm³/mol. The van der Waals surface area contributed by atoms with Crippen LogP contribution in [-0.2, 0) is 11.8 Å². The number of primary amides is 1. The van der Waals surface area contributed by atoms with Crippen molar-refractivity contribution in [3.63, 3.8) is 0 Å². The molecule has 0 radical (unpaired) electrons. The molecule has 2 fully saturated rings. The number of rotatable bonds is 7. The molecule has 3 aromatic rings. The van der Waals surface area contributed by atoms with Gasteiger partial charge in [-0.1, -0.05) is 6.07 Å². The first-order valence-electron chi connectivity index (χ1n) is 11.4. The van der Waals surface area contributed by atoms with E-state index in [9.17, 15) is 4.79 Å². The van der Waals surface area contributed by atoms with Crippen molar-refractivity contribution < 1.29 is 9.53 Å². The number of anilines is 2. The van der Waals surface area contributed by atoms with E-state index in [0.29, 0.717) is 11.2 Å². The largest absolute Gasteiger partial charge is 0.446 e. The first kappa shape index (κ1) is 22.3. The summed E-state index contributed by atoms with van der Waals surface area (Å²) in [5, 5.41) is 9.83. The van der Waals surface area contributed by atoms with Crippen LogP contribution in [0.3, 0.4) is 0 Å². The van der Waals surface area contributed by atoms with Crippen LogP contribution in [0.15, 0.2) is 35.4 Å². The number of aryl methyl sites for hydroxylation is 2. The lowest BCUT2D eigenvalue weighted by molar-refractivity contribution is 0.0787. The Labute approximate surface area is 202 Å². The molecule has 0 aliphatic heterocycles. The van der Waals surface area contributed by atoms with Gasteiger partial charge in [-0.15, -0.1) is 23.1 Å². The third-order valence-corrected chi connectivity index (χ3v) is 8.76. The predicted octanol–water partition coefficient (Wildman–Crippen LogP) is 5.97. The maximum absolute atomic E-state index is 11.0. The Balaban J connectivity index is 1.34. The number of hydrogen-bond donors (Lipinski definition) is 2. The lowest BCUT2D eigenvalue weighted by Crippen LogP contribution is -2.26. The number of thiazole rings is 1. The van der Waals surface area contributed by atoms with Gasteiger partial charge in [-0.25, -0.2) is 9.78 Å². The monoisotopic (exact) mass is 483 g/mol. The number of nitrogens with two attached hydrogens (primary N) is 1. The van der Waals surface area contributed by atoms with E-state index in [2.05, 4.69) is 34.7 Å². The topological polar surface area (TPSA) is 95.1 Å². The molecule has 0 atom stereocenters. The Morgan fingerprint density at radius 2 is 2.00 bits per heavy atom. The molecule has 0 spiro atoms. The van der Waals surface area contributed by atoms with Gasteiger partial charge in [-0.05, 0) is 57.6 Å². The van der Waals surface area contributed by atoms with Gasteiger partial charge in [0.15, 0.2) is 0 Å². The first-order valence-corrected chi connectivity index (χ1v) is 13.1. The number of ether oxygens (including phenoxy) is 1. The zero-order valence-electron chi connectivity index (χ0n) is 18.9. The highest BCUT2D eigenvalue weighted by Gasteiger charge is 2.28. The molecule has 3 N–H and O–H groups in total. The van der Waals surface area contributed by atoms with Gasteiger partial charge in [-0.2, -0.15) is 5.10 Å². The summed E-state index contributed by atoms with van der Waals surface area (Å²) >= 11 is 3.77. The molecule has 7 nitrogen and oxygen atoms in total. The fourth-order valence-electron chi connectivity index (χ4n) is 4.33. The number of benzene rings is 1. The van der Waals surface area contributed by atoms with Gasteiger partial charge in [0.1, 0.15) is 11.9 Å². The highest BCUT2D eigenvalue weighted by Crippen LogP contribution is 2.46. The number of hydrogen-bond acceptors (Lipinski definition) is 7. The molecule has 1 amide bonds. The highest BCUT2D eigenvalue weighted by molar-refractivity contribution is 8.00. The molecule has 0 bridgehead atoms. The second kappa shape index (κ2) is 9.38. The molecular formula is C24H29N5O2S2. The molecule has 0 unspecified atom stereocenters. The summed E-state index contributed by atoms with van der Waals surface area (Å²) in [6, 6.07) is 8.66. The number of nitrogens with one attached hydrogen (secondary N) is 1. The summed E-state index contributed by atoms with van der Waals surface area (Å²) in [7, 11) is 1.95. The van der Waals surface area contributed by atoms with Crippen LogP contribution in [0.5, 0.6) is 0 Å². The third kappa shape index (κ3) is 5.35. The molecule has 2 aromatic heterocycles. The Morgan fingerprint density at radius 3 is 2.67 bits per heavy atom. The van der Waals surface area contributed by atoms with E-state index in [-0.39, 0.29) is 6.10 Å². The molecule has 33 heavy (non-hydrogen) atoms. The maximum Gasteiger partial charge on any atom is 0.404 e. The maximum atomic E-state index is 11.0. The Morgan fingerprint density at radius 1 is 1.21 bits per heavy atom. The van der Waals surface area contributed by atoms with Crippen LogP contribution in [-0.4, -0.2) is 32.2 Å². The van der Waals surface area contributed by atoms with Crippen LogP contribution >= 0.6 is 23.1 Å². The van der Waals surface area contributed by atoms with Gasteiger partial charge in [0.25, 0.3) is 0 Å². The van der Waals surface area contributed by atoms with Crippen molar-refractivity contribution in [2.24, 2.45) is 12.8 Å². The number of nitrogens with zero attached hydrogens (tertiary/aromatic N) is 3. The van der Waals surface area contributed by atoms with Crippen molar-refractivity contribution in [3.05, 3.63) is 41.2 Å². The lowest BCUT2D eigenvalue weighted by atomic mass is 9.88. The Bertz CT molecular complexity index is 1150. The molecule has 174 valence electrons. The molecule has 2 saturated carbocycles. The van der Waals surface area contributed by atoms with Gasteiger partial charge in [0.2, 0.25) is 0 Å². The van der Waals surface area contributed by atoms with Crippen LogP contribution < -0.4 is 11.1 Å². The normalized spacial score (nSPS) is 20.5. The Hall–Kier alpha value is -2.52. The van der Waals surface area contributed by atoms with Gasteiger partial charge in [-0.3, -0.25) is 4.68 Å². The summed E-state index contributed by atoms with van der Waals surface area (Å²) in [4.78, 5) is 18.3. The third-order valence-electron chi connectivity index (χ3n) is 6.17. The van der Waals surface area contributed by atoms with Gasteiger partial charge in [0, 0.05) is 46.6 Å². The minimum absolute atomic E-state index is 0.0528. The molecule has 2 heterocycles. The van der Waals surface area contributed by atoms with E-state index >= 15 is 0 Å². The summed E-state index contributed by atoms with van der Waals surface area (Å²) in [5.74, 6) is 1.41. The summed E-state index contributed by atoms with van der Waals surface area (Å²) in [5.41, 5.74) is 8.50. The standard InChI is InChI=1S/C24H29N5O2S2/c1-14-11-22(29(2)28-14)27-16-5-10-19(20(12-16)32-18-8-9-18)21-13-26-23(33-21)15-3-6-17(7-4-15)31-24(25)30/h5,10-13,15,17-18,27H,3-4,6-9H2,1-2H3,(H2,25,30). The van der Waals surface area contributed by atoms with E-state index in [4.69, 9.17) is 15.5 Å². The minimum Gasteiger partial charge on any atom is -0.446 e. The van der Waals surface area contributed by atoms with Crippen LogP contribution in [0.25, 0.3) is 10.4 Å². The number of amides is 1. The van der Waals surface area contributed by atoms with E-state index in [1.807, 2.05) is 36.6 Å². The van der Waals surface area contributed by atoms with E-state index in [0.717, 1.165) is 42.9 Å². The fourth-order valence-corrected chi connectivity index (χ4v) is 6.76. The molecule has 5 rings (SSSR count). The quantitative estimate of drug-likeness (QED) is 0.430. The van der Waals surface area contributed by atoms with Crippen LogP contribution in [0, 0.1) is 6.92 Å². The fraction of sp³-hybridized carbons (Fsp3) is 0.458. The SMILES string of the molecule is Cc1cc(Nc2ccc(-c3cnc(C4CCC(OC(N)=O)CC4)s3)c(SC3CC3)c2)n(C)n1. The summed E-state index contributed by atoms with van der Waals surface area (Å²) in [6.07, 6.45) is 7.51. The van der Waals surface area contributed by atoms with Crippen molar-refractivity contribution in [1.82, 2.24) is 14.8 Å².